The first-order valence-corrected chi connectivity index (χ1v) is 9.66. The van der Waals surface area contributed by atoms with Crippen molar-refractivity contribution < 1.29 is 13.2 Å². The molecule has 20 heavy (non-hydrogen) atoms. The summed E-state index contributed by atoms with van der Waals surface area (Å²) in [4.78, 5) is 4.35. The van der Waals surface area contributed by atoms with Gasteiger partial charge in [-0.2, -0.15) is 0 Å². The van der Waals surface area contributed by atoms with E-state index < -0.39 is 10.0 Å². The fourth-order valence-electron chi connectivity index (χ4n) is 1.48. The number of methoxy groups -OCH3 is 1. The topological polar surface area (TPSA) is 68.3 Å². The highest BCUT2D eigenvalue weighted by molar-refractivity contribution is 9.11. The maximum atomic E-state index is 12.0. The molecular weight excluding hydrogens is 384 g/mol. The van der Waals surface area contributed by atoms with Gasteiger partial charge in [-0.25, -0.2) is 18.1 Å². The minimum absolute atomic E-state index is 0.308. The molecular formula is C11H13BrN2O3S3. The van der Waals surface area contributed by atoms with Crippen molar-refractivity contribution >= 4 is 48.6 Å². The highest BCUT2D eigenvalue weighted by atomic mass is 79.9. The van der Waals surface area contributed by atoms with Gasteiger partial charge >= 0.3 is 0 Å². The number of hydrogen-bond acceptors (Lipinski definition) is 6. The molecule has 0 aliphatic carbocycles. The van der Waals surface area contributed by atoms with Crippen molar-refractivity contribution in [2.24, 2.45) is 0 Å². The Bertz CT molecular complexity index is 666. The fourth-order valence-corrected chi connectivity index (χ4v) is 5.37. The van der Waals surface area contributed by atoms with Crippen LogP contribution in [0, 0.1) is 0 Å². The third kappa shape index (κ3) is 4.34. The van der Waals surface area contributed by atoms with E-state index in [1.54, 1.807) is 19.2 Å². The van der Waals surface area contributed by atoms with Crippen LogP contribution in [0.1, 0.15) is 10.7 Å². The largest absolute Gasteiger partial charge is 0.378 e. The molecule has 0 bridgehead atoms. The SMILES string of the molecule is COCc1nc(CCNS(=O)(=O)c2ccc(Br)s2)cs1. The van der Waals surface area contributed by atoms with Crippen LogP contribution in [-0.2, 0) is 27.8 Å². The maximum absolute atomic E-state index is 12.0. The van der Waals surface area contributed by atoms with E-state index in [2.05, 4.69) is 25.6 Å². The van der Waals surface area contributed by atoms with E-state index in [0.29, 0.717) is 23.8 Å². The lowest BCUT2D eigenvalue weighted by Crippen LogP contribution is -2.25. The van der Waals surface area contributed by atoms with Crippen LogP contribution in [0.2, 0.25) is 0 Å². The molecule has 110 valence electrons. The first-order valence-electron chi connectivity index (χ1n) is 5.68. The molecule has 2 rings (SSSR count). The van der Waals surface area contributed by atoms with Crippen molar-refractivity contribution in [3.63, 3.8) is 0 Å². The minimum Gasteiger partial charge on any atom is -0.378 e. The fraction of sp³-hybridized carbons (Fsp3) is 0.364. The highest BCUT2D eigenvalue weighted by Crippen LogP contribution is 2.25. The molecule has 9 heteroatoms. The van der Waals surface area contributed by atoms with Crippen LogP contribution < -0.4 is 4.72 Å². The minimum atomic E-state index is -3.42. The van der Waals surface area contributed by atoms with E-state index in [0.717, 1.165) is 14.5 Å². The van der Waals surface area contributed by atoms with Crippen LogP contribution in [0.4, 0.5) is 0 Å². The molecule has 0 amide bonds. The van der Waals surface area contributed by atoms with Crippen molar-refractivity contribution in [1.82, 2.24) is 9.71 Å². The Morgan fingerprint density at radius 2 is 2.25 bits per heavy atom. The molecule has 0 aliphatic rings. The molecule has 0 radical (unpaired) electrons. The summed E-state index contributed by atoms with van der Waals surface area (Å²) < 4.78 is 32.6. The van der Waals surface area contributed by atoms with Gasteiger partial charge in [0.05, 0.1) is 16.1 Å². The Balaban J connectivity index is 1.88. The van der Waals surface area contributed by atoms with Crippen LogP contribution in [0.25, 0.3) is 0 Å². The molecule has 1 N–H and O–H groups in total. The number of thiazole rings is 1. The monoisotopic (exact) mass is 396 g/mol. The van der Waals surface area contributed by atoms with Gasteiger partial charge in [0.15, 0.2) is 0 Å². The van der Waals surface area contributed by atoms with E-state index in [-0.39, 0.29) is 0 Å². The molecule has 0 spiro atoms. The first kappa shape index (κ1) is 16.1. The molecule has 2 aromatic heterocycles. The second-order valence-electron chi connectivity index (χ2n) is 3.87. The van der Waals surface area contributed by atoms with Crippen LogP contribution >= 0.6 is 38.6 Å². The summed E-state index contributed by atoms with van der Waals surface area (Å²) in [5.41, 5.74) is 0.872. The molecule has 0 atom stereocenters. The standard InChI is InChI=1S/C11H13BrN2O3S3/c1-17-6-10-14-8(7-18-10)4-5-13-20(15,16)11-3-2-9(12)19-11/h2-3,7,13H,4-6H2,1H3. The summed E-state index contributed by atoms with van der Waals surface area (Å²) in [7, 11) is -1.80. The average molecular weight is 397 g/mol. The molecule has 0 saturated heterocycles. The lowest BCUT2D eigenvalue weighted by molar-refractivity contribution is 0.184. The quantitative estimate of drug-likeness (QED) is 0.780. The van der Waals surface area contributed by atoms with Crippen LogP contribution in [0.15, 0.2) is 25.5 Å². The summed E-state index contributed by atoms with van der Waals surface area (Å²) in [6, 6.07) is 3.30. The van der Waals surface area contributed by atoms with E-state index >= 15 is 0 Å². The Morgan fingerprint density at radius 3 is 2.90 bits per heavy atom. The Kier molecular flexibility index (Phi) is 5.70. The predicted octanol–water partition coefficient (Wildman–Crippen LogP) is 2.63. The van der Waals surface area contributed by atoms with Gasteiger partial charge in [0.1, 0.15) is 9.22 Å². The normalized spacial score (nSPS) is 11.9. The van der Waals surface area contributed by atoms with E-state index in [4.69, 9.17) is 4.74 Å². The van der Waals surface area contributed by atoms with E-state index in [1.165, 1.54) is 22.7 Å². The number of ether oxygens (including phenoxy) is 1. The zero-order valence-corrected chi connectivity index (χ0v) is 14.7. The lowest BCUT2D eigenvalue weighted by Gasteiger charge is -2.03. The number of aromatic nitrogens is 1. The Hall–Kier alpha value is -0.320. The third-order valence-corrected chi connectivity index (χ3v) is 6.80. The summed E-state index contributed by atoms with van der Waals surface area (Å²) in [6.45, 7) is 0.813. The van der Waals surface area contributed by atoms with Crippen LogP contribution in [0.3, 0.4) is 0 Å². The Labute approximate surface area is 134 Å². The van der Waals surface area contributed by atoms with Gasteiger partial charge in [-0.3, -0.25) is 0 Å². The van der Waals surface area contributed by atoms with Gasteiger partial charge in [0, 0.05) is 25.5 Å². The van der Waals surface area contributed by atoms with Crippen molar-refractivity contribution in [3.8, 4) is 0 Å². The van der Waals surface area contributed by atoms with Gasteiger partial charge in [-0.15, -0.1) is 22.7 Å². The zero-order valence-electron chi connectivity index (χ0n) is 10.6. The van der Waals surface area contributed by atoms with Crippen molar-refractivity contribution in [1.29, 1.82) is 0 Å². The smallest absolute Gasteiger partial charge is 0.250 e. The van der Waals surface area contributed by atoms with Crippen molar-refractivity contribution in [2.75, 3.05) is 13.7 Å². The second kappa shape index (κ2) is 7.10. The lowest BCUT2D eigenvalue weighted by atomic mass is 10.3. The van der Waals surface area contributed by atoms with Crippen molar-refractivity contribution in [2.45, 2.75) is 17.2 Å². The van der Waals surface area contributed by atoms with Crippen molar-refractivity contribution in [3.05, 3.63) is 32.0 Å². The van der Waals surface area contributed by atoms with E-state index in [9.17, 15) is 8.42 Å². The first-order chi connectivity index (χ1) is 9.51. The van der Waals surface area contributed by atoms with Crippen LogP contribution in [-0.4, -0.2) is 27.1 Å². The van der Waals surface area contributed by atoms with Crippen LogP contribution in [0.5, 0.6) is 0 Å². The summed E-state index contributed by atoms with van der Waals surface area (Å²) in [5.74, 6) is 0. The Morgan fingerprint density at radius 1 is 1.45 bits per heavy atom. The number of rotatable bonds is 7. The number of nitrogens with zero attached hydrogens (tertiary/aromatic N) is 1. The number of sulfonamides is 1. The molecule has 2 aromatic rings. The molecule has 5 nitrogen and oxygen atoms in total. The molecule has 0 saturated carbocycles. The molecule has 0 aromatic carbocycles. The maximum Gasteiger partial charge on any atom is 0.250 e. The molecule has 0 aliphatic heterocycles. The van der Waals surface area contributed by atoms with Gasteiger partial charge in [0.2, 0.25) is 10.0 Å². The predicted molar refractivity (Wildman–Crippen MR) is 83.7 cm³/mol. The molecule has 0 unspecified atom stereocenters. The average Bonchev–Trinajstić information content (AvgIpc) is 2.99. The van der Waals surface area contributed by atoms with Gasteiger partial charge in [-0.1, -0.05) is 0 Å². The van der Waals surface area contributed by atoms with Gasteiger partial charge in [-0.05, 0) is 28.1 Å². The van der Waals surface area contributed by atoms with E-state index in [1.807, 2.05) is 5.38 Å². The third-order valence-electron chi connectivity index (χ3n) is 2.35. The van der Waals surface area contributed by atoms with Gasteiger partial charge < -0.3 is 4.74 Å². The molecule has 0 fully saturated rings. The second-order valence-corrected chi connectivity index (χ2v) is 9.27. The molecule has 2 heterocycles. The number of halogens is 1. The number of hydrogen-bond donors (Lipinski definition) is 1. The summed E-state index contributed by atoms with van der Waals surface area (Å²) in [6.07, 6.45) is 0.561. The summed E-state index contributed by atoms with van der Waals surface area (Å²) in [5, 5.41) is 2.82. The number of thiophene rings is 1. The van der Waals surface area contributed by atoms with Gasteiger partial charge in [0.25, 0.3) is 0 Å². The number of nitrogens with one attached hydrogen (secondary N) is 1. The summed E-state index contributed by atoms with van der Waals surface area (Å²) >= 11 is 5.95. The zero-order chi connectivity index (χ0) is 14.6. The highest BCUT2D eigenvalue weighted by Gasteiger charge is 2.15.